The van der Waals surface area contributed by atoms with Crippen LogP contribution in [0.1, 0.15) is 0 Å². The van der Waals surface area contributed by atoms with Gasteiger partial charge in [-0.25, -0.2) is 0 Å². The highest BCUT2D eigenvalue weighted by Crippen LogP contribution is 2.39. The quantitative estimate of drug-likeness (QED) is 0.184. The maximum atomic E-state index is 2.23. The van der Waals surface area contributed by atoms with Crippen LogP contribution >= 0.6 is 35.3 Å². The standard InChI is InChI=1S/C36H26S3/c1-3-11-29(12-4-1)38-35-17-9-7-15-33(35)27-19-23-31(24-20-27)37-32-25-21-28(22-26-32)34-16-8-10-18-36(34)39-30-13-5-2-6-14-30/h1-26H. The highest BCUT2D eigenvalue weighted by atomic mass is 32.2. The molecule has 188 valence electrons. The lowest BCUT2D eigenvalue weighted by molar-refractivity contribution is 1.37. The Morgan fingerprint density at radius 1 is 0.256 bits per heavy atom. The Balaban J connectivity index is 1.17. The molecule has 0 unspecified atom stereocenters. The first kappa shape index (κ1) is 25.6. The van der Waals surface area contributed by atoms with Gasteiger partial charge in [0.1, 0.15) is 0 Å². The zero-order chi connectivity index (χ0) is 26.3. The Morgan fingerprint density at radius 3 is 1.00 bits per heavy atom. The molecule has 0 amide bonds. The van der Waals surface area contributed by atoms with Crippen LogP contribution in [0.15, 0.2) is 187 Å². The molecule has 6 aromatic rings. The molecule has 0 spiro atoms. The van der Waals surface area contributed by atoms with E-state index in [-0.39, 0.29) is 0 Å². The molecular formula is C36H26S3. The van der Waals surface area contributed by atoms with Crippen molar-refractivity contribution in [3.05, 3.63) is 158 Å². The molecule has 3 heteroatoms. The largest absolute Gasteiger partial charge is 0.0901 e. The Bertz CT molecular complexity index is 1520. The van der Waals surface area contributed by atoms with E-state index in [9.17, 15) is 0 Å². The van der Waals surface area contributed by atoms with E-state index >= 15 is 0 Å². The molecule has 6 rings (SSSR count). The second-order valence-electron chi connectivity index (χ2n) is 8.97. The molecule has 0 nitrogen and oxygen atoms in total. The maximum absolute atomic E-state index is 2.23. The van der Waals surface area contributed by atoms with Crippen LogP contribution in [-0.4, -0.2) is 0 Å². The van der Waals surface area contributed by atoms with E-state index in [0.29, 0.717) is 0 Å². The van der Waals surface area contributed by atoms with Gasteiger partial charge in [-0.1, -0.05) is 132 Å². The van der Waals surface area contributed by atoms with Crippen molar-refractivity contribution < 1.29 is 0 Å². The molecule has 0 saturated carbocycles. The van der Waals surface area contributed by atoms with Gasteiger partial charge in [0.15, 0.2) is 0 Å². The molecule has 6 aromatic carbocycles. The van der Waals surface area contributed by atoms with E-state index in [1.807, 2.05) is 23.5 Å². The lowest BCUT2D eigenvalue weighted by atomic mass is 10.1. The molecule has 0 radical (unpaired) electrons. The van der Waals surface area contributed by atoms with Gasteiger partial charge in [0.05, 0.1) is 0 Å². The van der Waals surface area contributed by atoms with Crippen molar-refractivity contribution in [2.24, 2.45) is 0 Å². The first-order valence-electron chi connectivity index (χ1n) is 12.8. The smallest absolute Gasteiger partial charge is 0.0200 e. The zero-order valence-electron chi connectivity index (χ0n) is 21.2. The second kappa shape index (κ2) is 12.5. The van der Waals surface area contributed by atoms with Gasteiger partial charge in [-0.15, -0.1) is 0 Å². The third kappa shape index (κ3) is 6.51. The Labute approximate surface area is 243 Å². The number of hydrogen-bond donors (Lipinski definition) is 0. The van der Waals surface area contributed by atoms with Crippen LogP contribution in [0, 0.1) is 0 Å². The summed E-state index contributed by atoms with van der Waals surface area (Å²) >= 11 is 5.42. The van der Waals surface area contributed by atoms with Crippen LogP contribution < -0.4 is 0 Å². The zero-order valence-corrected chi connectivity index (χ0v) is 23.7. The topological polar surface area (TPSA) is 0 Å². The van der Waals surface area contributed by atoms with Crippen molar-refractivity contribution in [1.29, 1.82) is 0 Å². The van der Waals surface area contributed by atoms with Crippen LogP contribution in [0.25, 0.3) is 22.3 Å². The Kier molecular flexibility index (Phi) is 8.21. The van der Waals surface area contributed by atoms with Crippen LogP contribution in [0.2, 0.25) is 0 Å². The van der Waals surface area contributed by atoms with Crippen molar-refractivity contribution in [3.8, 4) is 22.3 Å². The third-order valence-corrected chi connectivity index (χ3v) is 9.47. The summed E-state index contributed by atoms with van der Waals surface area (Å²) in [6.07, 6.45) is 0. The first-order chi connectivity index (χ1) is 19.3. The summed E-state index contributed by atoms with van der Waals surface area (Å²) < 4.78 is 0. The van der Waals surface area contributed by atoms with Gasteiger partial charge in [-0.05, 0) is 82.9 Å². The summed E-state index contributed by atoms with van der Waals surface area (Å²) in [4.78, 5) is 7.51. The molecule has 0 aliphatic carbocycles. The van der Waals surface area contributed by atoms with E-state index in [1.165, 1.54) is 51.6 Å². The SMILES string of the molecule is c1ccc(Sc2ccccc2-c2ccc(Sc3ccc(-c4ccccc4Sc4ccccc4)cc3)cc2)cc1. The second-order valence-corrected chi connectivity index (χ2v) is 12.4. The van der Waals surface area contributed by atoms with Crippen molar-refractivity contribution in [1.82, 2.24) is 0 Å². The molecule has 0 heterocycles. The van der Waals surface area contributed by atoms with E-state index in [1.54, 1.807) is 11.8 Å². The first-order valence-corrected chi connectivity index (χ1v) is 15.3. The lowest BCUT2D eigenvalue weighted by Crippen LogP contribution is -1.84. The Morgan fingerprint density at radius 2 is 0.590 bits per heavy atom. The molecule has 0 aliphatic heterocycles. The van der Waals surface area contributed by atoms with Crippen molar-refractivity contribution in [2.75, 3.05) is 0 Å². The molecule has 0 N–H and O–H groups in total. The summed E-state index contributed by atoms with van der Waals surface area (Å²) in [7, 11) is 0. The van der Waals surface area contributed by atoms with Gasteiger partial charge in [0.2, 0.25) is 0 Å². The minimum Gasteiger partial charge on any atom is -0.0901 e. The fourth-order valence-corrected chi connectivity index (χ4v) is 7.16. The molecule has 0 atom stereocenters. The van der Waals surface area contributed by atoms with Gasteiger partial charge in [0, 0.05) is 29.4 Å². The summed E-state index contributed by atoms with van der Waals surface area (Å²) in [5, 5.41) is 0. The molecule has 0 aromatic heterocycles. The fourth-order valence-electron chi connectivity index (χ4n) is 4.36. The van der Waals surface area contributed by atoms with Gasteiger partial charge < -0.3 is 0 Å². The minimum atomic E-state index is 1.24. The minimum absolute atomic E-state index is 1.24. The highest BCUT2D eigenvalue weighted by molar-refractivity contribution is 8.00. The van der Waals surface area contributed by atoms with Gasteiger partial charge in [0.25, 0.3) is 0 Å². The van der Waals surface area contributed by atoms with Crippen LogP contribution in [0.5, 0.6) is 0 Å². The van der Waals surface area contributed by atoms with Crippen LogP contribution in [0.4, 0.5) is 0 Å². The lowest BCUT2D eigenvalue weighted by Gasteiger charge is -2.11. The number of hydrogen-bond acceptors (Lipinski definition) is 3. The number of benzene rings is 6. The Hall–Kier alpha value is -3.63. The molecule has 0 aliphatic rings. The van der Waals surface area contributed by atoms with Gasteiger partial charge in [-0.3, -0.25) is 0 Å². The predicted molar refractivity (Wildman–Crippen MR) is 169 cm³/mol. The fraction of sp³-hybridized carbons (Fsp3) is 0. The van der Waals surface area contributed by atoms with Crippen LogP contribution in [0.3, 0.4) is 0 Å². The molecular weight excluding hydrogens is 529 g/mol. The van der Waals surface area contributed by atoms with E-state index < -0.39 is 0 Å². The van der Waals surface area contributed by atoms with Crippen molar-refractivity contribution in [2.45, 2.75) is 29.4 Å². The van der Waals surface area contributed by atoms with Gasteiger partial charge >= 0.3 is 0 Å². The highest BCUT2D eigenvalue weighted by Gasteiger charge is 2.09. The molecule has 39 heavy (non-hydrogen) atoms. The maximum Gasteiger partial charge on any atom is 0.0200 e. The third-order valence-electron chi connectivity index (χ3n) is 6.28. The molecule has 0 fully saturated rings. The molecule has 0 bridgehead atoms. The van der Waals surface area contributed by atoms with Crippen molar-refractivity contribution >= 4 is 35.3 Å². The van der Waals surface area contributed by atoms with Gasteiger partial charge in [-0.2, -0.15) is 0 Å². The van der Waals surface area contributed by atoms with E-state index in [2.05, 4.69) is 158 Å². The summed E-state index contributed by atoms with van der Waals surface area (Å²) in [6, 6.07) is 56.2. The monoisotopic (exact) mass is 554 g/mol. The summed E-state index contributed by atoms with van der Waals surface area (Å²) in [5.41, 5.74) is 5.00. The van der Waals surface area contributed by atoms with Crippen LogP contribution in [-0.2, 0) is 0 Å². The van der Waals surface area contributed by atoms with E-state index in [0.717, 1.165) is 0 Å². The average Bonchev–Trinajstić information content (AvgIpc) is 3.00. The van der Waals surface area contributed by atoms with E-state index in [4.69, 9.17) is 0 Å². The van der Waals surface area contributed by atoms with Crippen molar-refractivity contribution in [3.63, 3.8) is 0 Å². The summed E-state index contributed by atoms with van der Waals surface area (Å²) in [5.74, 6) is 0. The number of rotatable bonds is 8. The normalized spacial score (nSPS) is 10.9. The molecule has 0 saturated heterocycles. The summed E-state index contributed by atoms with van der Waals surface area (Å²) in [6.45, 7) is 0. The predicted octanol–water partition coefficient (Wildman–Crippen LogP) is 11.5. The average molecular weight is 555 g/mol.